The molecule has 1 N–H and O–H groups in total. The molecule has 1 aliphatic heterocycles. The van der Waals surface area contributed by atoms with E-state index in [2.05, 4.69) is 11.9 Å². The molecule has 1 aliphatic rings. The summed E-state index contributed by atoms with van der Waals surface area (Å²) in [6.07, 6.45) is 0. The van der Waals surface area contributed by atoms with Crippen molar-refractivity contribution >= 4 is 28.8 Å². The van der Waals surface area contributed by atoms with Gasteiger partial charge in [-0.2, -0.15) is 4.98 Å². The molecule has 0 unspecified atom stereocenters. The zero-order chi connectivity index (χ0) is 20.9. The van der Waals surface area contributed by atoms with Crippen molar-refractivity contribution in [2.75, 3.05) is 18.6 Å². The van der Waals surface area contributed by atoms with Gasteiger partial charge in [-0.3, -0.25) is 14.2 Å². The van der Waals surface area contributed by atoms with Crippen LogP contribution in [-0.2, 0) is 24.9 Å². The summed E-state index contributed by atoms with van der Waals surface area (Å²) in [5.74, 6) is 0.219. The van der Waals surface area contributed by atoms with Crippen LogP contribution in [0.2, 0.25) is 0 Å². The van der Waals surface area contributed by atoms with Crippen LogP contribution in [0.15, 0.2) is 33.9 Å². The number of anilines is 2. The van der Waals surface area contributed by atoms with Crippen LogP contribution >= 0.6 is 0 Å². The number of carbonyl (C=O) groups is 1. The van der Waals surface area contributed by atoms with E-state index in [9.17, 15) is 14.4 Å². The fourth-order valence-corrected chi connectivity index (χ4v) is 3.76. The minimum Gasteiger partial charge on any atom is -0.497 e. The first-order valence-corrected chi connectivity index (χ1v) is 9.15. The number of ether oxygens (including phenoxy) is 1. The van der Waals surface area contributed by atoms with E-state index in [1.54, 1.807) is 11.7 Å². The lowest BCUT2D eigenvalue weighted by molar-refractivity contribution is -0.137. The number of aliphatic carboxylic acids is 1. The number of carboxylic acids is 1. The van der Waals surface area contributed by atoms with Crippen molar-refractivity contribution < 1.29 is 14.6 Å². The maximum atomic E-state index is 13.0. The Morgan fingerprint density at radius 2 is 1.93 bits per heavy atom. The van der Waals surface area contributed by atoms with E-state index in [1.165, 1.54) is 11.6 Å². The Kier molecular flexibility index (Phi) is 4.40. The number of benzene rings is 1. The number of hydrogen-bond acceptors (Lipinski definition) is 6. The summed E-state index contributed by atoms with van der Waals surface area (Å²) in [5.41, 5.74) is -0.000136. The first kappa shape index (κ1) is 18.8. The topological polar surface area (TPSA) is 112 Å². The minimum absolute atomic E-state index is 0.201. The highest BCUT2D eigenvalue weighted by Crippen LogP contribution is 2.33. The largest absolute Gasteiger partial charge is 0.497 e. The molecule has 4 rings (SSSR count). The normalized spacial score (nSPS) is 16.1. The molecule has 3 heterocycles. The fraction of sp³-hybridized carbons (Fsp3) is 0.368. The zero-order valence-electron chi connectivity index (χ0n) is 16.3. The van der Waals surface area contributed by atoms with Crippen molar-refractivity contribution in [3.05, 3.63) is 45.1 Å². The van der Waals surface area contributed by atoms with Gasteiger partial charge >= 0.3 is 11.7 Å². The molecule has 0 aliphatic carbocycles. The summed E-state index contributed by atoms with van der Waals surface area (Å²) in [6, 6.07) is 7.50. The number of hydrogen-bond donors (Lipinski definition) is 1. The monoisotopic (exact) mass is 399 g/mol. The molecule has 152 valence electrons. The Bertz CT molecular complexity index is 1220. The van der Waals surface area contributed by atoms with Crippen LogP contribution in [-0.4, -0.2) is 43.4 Å². The summed E-state index contributed by atoms with van der Waals surface area (Å²) in [5, 5.41) is 9.09. The van der Waals surface area contributed by atoms with Gasteiger partial charge in [-0.25, -0.2) is 9.36 Å². The molecule has 10 nitrogen and oxygen atoms in total. The second-order valence-electron chi connectivity index (χ2n) is 7.24. The average molecular weight is 399 g/mol. The van der Waals surface area contributed by atoms with Crippen LogP contribution in [0.25, 0.3) is 11.2 Å². The Hall–Kier alpha value is -3.56. The van der Waals surface area contributed by atoms with E-state index in [0.29, 0.717) is 19.0 Å². The summed E-state index contributed by atoms with van der Waals surface area (Å²) >= 11 is 0. The van der Waals surface area contributed by atoms with Crippen LogP contribution < -0.4 is 20.9 Å². The molecule has 10 heteroatoms. The van der Waals surface area contributed by atoms with Crippen LogP contribution in [0.4, 0.5) is 11.6 Å². The standard InChI is InChI=1S/C19H21N5O5/c1-11-8-22(12-4-6-13(29-3)7-5-12)18-20-16-15(23(18)9-11)17(27)24(10-14(25)26)19(28)21(16)2/h4-7,11H,8-10H2,1-3H3,(H,25,26)/t11-/m1/s1. The van der Waals surface area contributed by atoms with Gasteiger partial charge in [0.1, 0.15) is 12.3 Å². The lowest BCUT2D eigenvalue weighted by atomic mass is 10.1. The highest BCUT2D eigenvalue weighted by molar-refractivity contribution is 5.77. The summed E-state index contributed by atoms with van der Waals surface area (Å²) in [7, 11) is 3.09. The van der Waals surface area contributed by atoms with Gasteiger partial charge in [0, 0.05) is 25.8 Å². The predicted molar refractivity (Wildman–Crippen MR) is 106 cm³/mol. The van der Waals surface area contributed by atoms with Crippen molar-refractivity contribution in [2.24, 2.45) is 13.0 Å². The number of aromatic nitrogens is 4. The molecule has 0 amide bonds. The number of aryl methyl sites for hydroxylation is 1. The molecule has 0 spiro atoms. The lowest BCUT2D eigenvalue weighted by Crippen LogP contribution is -2.41. The molecule has 2 aromatic heterocycles. The maximum absolute atomic E-state index is 13.0. The number of rotatable bonds is 4. The van der Waals surface area contributed by atoms with E-state index in [1.807, 2.05) is 29.2 Å². The van der Waals surface area contributed by atoms with Gasteiger partial charge in [-0.1, -0.05) is 6.92 Å². The summed E-state index contributed by atoms with van der Waals surface area (Å²) in [4.78, 5) is 43.2. The summed E-state index contributed by atoms with van der Waals surface area (Å²) in [6.45, 7) is 2.59. The minimum atomic E-state index is -1.25. The second kappa shape index (κ2) is 6.80. The van der Waals surface area contributed by atoms with Gasteiger partial charge in [0.2, 0.25) is 5.95 Å². The molecule has 29 heavy (non-hydrogen) atoms. The smallest absolute Gasteiger partial charge is 0.333 e. The average Bonchev–Trinajstić information content (AvgIpc) is 3.08. The number of methoxy groups -OCH3 is 1. The highest BCUT2D eigenvalue weighted by atomic mass is 16.5. The van der Waals surface area contributed by atoms with E-state index in [0.717, 1.165) is 16.0 Å². The Labute approximate surface area is 165 Å². The lowest BCUT2D eigenvalue weighted by Gasteiger charge is -2.33. The second-order valence-corrected chi connectivity index (χ2v) is 7.24. The quantitative estimate of drug-likeness (QED) is 0.690. The molecule has 0 saturated carbocycles. The number of fused-ring (bicyclic) bond motifs is 3. The van der Waals surface area contributed by atoms with E-state index in [-0.39, 0.29) is 17.1 Å². The summed E-state index contributed by atoms with van der Waals surface area (Å²) < 4.78 is 8.94. The third-order valence-corrected chi connectivity index (χ3v) is 5.12. The number of carboxylic acid groups (broad SMARTS) is 1. The molecule has 1 aromatic carbocycles. The van der Waals surface area contributed by atoms with Crippen molar-refractivity contribution in [1.29, 1.82) is 0 Å². The first-order valence-electron chi connectivity index (χ1n) is 9.15. The van der Waals surface area contributed by atoms with Gasteiger partial charge in [-0.15, -0.1) is 0 Å². The first-order chi connectivity index (χ1) is 13.8. The zero-order valence-corrected chi connectivity index (χ0v) is 16.3. The van der Waals surface area contributed by atoms with Crippen LogP contribution in [0.1, 0.15) is 6.92 Å². The highest BCUT2D eigenvalue weighted by Gasteiger charge is 2.30. The van der Waals surface area contributed by atoms with Crippen LogP contribution in [0.3, 0.4) is 0 Å². The molecule has 0 fully saturated rings. The van der Waals surface area contributed by atoms with E-state index < -0.39 is 23.8 Å². The third-order valence-electron chi connectivity index (χ3n) is 5.12. The van der Waals surface area contributed by atoms with Gasteiger partial charge in [0.05, 0.1) is 7.11 Å². The Morgan fingerprint density at radius 1 is 1.24 bits per heavy atom. The molecular formula is C19H21N5O5. The van der Waals surface area contributed by atoms with Crippen molar-refractivity contribution in [1.82, 2.24) is 18.7 Å². The van der Waals surface area contributed by atoms with Gasteiger partial charge in [-0.05, 0) is 30.2 Å². The van der Waals surface area contributed by atoms with Crippen molar-refractivity contribution in [3.63, 3.8) is 0 Å². The van der Waals surface area contributed by atoms with Gasteiger partial charge in [0.15, 0.2) is 11.2 Å². The Balaban J connectivity index is 1.96. The van der Waals surface area contributed by atoms with Crippen LogP contribution in [0.5, 0.6) is 5.75 Å². The molecule has 0 radical (unpaired) electrons. The van der Waals surface area contributed by atoms with Crippen molar-refractivity contribution in [3.8, 4) is 5.75 Å². The maximum Gasteiger partial charge on any atom is 0.333 e. The van der Waals surface area contributed by atoms with E-state index in [4.69, 9.17) is 9.84 Å². The van der Waals surface area contributed by atoms with E-state index >= 15 is 0 Å². The van der Waals surface area contributed by atoms with Crippen LogP contribution in [0, 0.1) is 5.92 Å². The SMILES string of the molecule is COc1ccc(N2C[C@@H](C)Cn3c2nc2c3c(=O)n(CC(=O)O)c(=O)n2C)cc1. The molecular weight excluding hydrogens is 378 g/mol. The molecule has 0 saturated heterocycles. The number of nitrogens with zero attached hydrogens (tertiary/aromatic N) is 5. The molecule has 1 atom stereocenters. The molecule has 3 aromatic rings. The molecule has 0 bridgehead atoms. The number of imidazole rings is 1. The van der Waals surface area contributed by atoms with Gasteiger partial charge < -0.3 is 19.3 Å². The van der Waals surface area contributed by atoms with Gasteiger partial charge in [0.25, 0.3) is 5.56 Å². The fourth-order valence-electron chi connectivity index (χ4n) is 3.76. The Morgan fingerprint density at radius 3 is 2.55 bits per heavy atom. The predicted octanol–water partition coefficient (Wildman–Crippen LogP) is 0.778. The third kappa shape index (κ3) is 2.96. The van der Waals surface area contributed by atoms with Crippen molar-refractivity contribution in [2.45, 2.75) is 20.0 Å².